The third kappa shape index (κ3) is 6.84. The number of piperazine rings is 1. The van der Waals surface area contributed by atoms with E-state index in [1.54, 1.807) is 24.3 Å². The highest BCUT2D eigenvalue weighted by molar-refractivity contribution is 7.92. The number of sulfonamides is 1. The monoisotopic (exact) mass is 567 g/mol. The number of aryl methyl sites for hydroxylation is 1. The van der Waals surface area contributed by atoms with Crippen LogP contribution in [-0.2, 0) is 16.4 Å². The number of rotatable bonds is 11. The van der Waals surface area contributed by atoms with Gasteiger partial charge in [0.25, 0.3) is 0 Å². The highest BCUT2D eigenvalue weighted by Gasteiger charge is 2.20. The van der Waals surface area contributed by atoms with Gasteiger partial charge in [-0.1, -0.05) is 37.3 Å². The number of para-hydroxylation sites is 1. The Morgan fingerprint density at radius 2 is 1.74 bits per heavy atom. The summed E-state index contributed by atoms with van der Waals surface area (Å²) in [6.45, 7) is 7.27. The molecule has 0 spiro atoms. The van der Waals surface area contributed by atoms with Gasteiger partial charge in [-0.2, -0.15) is 0 Å². The largest absolute Gasteiger partial charge is 0.492 e. The van der Waals surface area contributed by atoms with Crippen LogP contribution in [0.15, 0.2) is 66.7 Å². The van der Waals surface area contributed by atoms with E-state index < -0.39 is 10.0 Å². The fourth-order valence-electron chi connectivity index (χ4n) is 4.76. The van der Waals surface area contributed by atoms with Gasteiger partial charge in [0.1, 0.15) is 23.7 Å². The van der Waals surface area contributed by atoms with Crippen LogP contribution in [0.2, 0.25) is 0 Å². The summed E-state index contributed by atoms with van der Waals surface area (Å²) in [5, 5.41) is 0. The second kappa shape index (κ2) is 12.3. The molecule has 1 fully saturated rings. The zero-order valence-electron chi connectivity index (χ0n) is 22.1. The standard InChI is InChI=1S/C29H34ClN5O3S/c1-2-22-6-8-23(9-7-22)29-31-26-4-3-5-27(28(26)32-29)35-17-15-34(16-18-35)19-20-38-25-12-10-24(11-13-25)33-39(36,37)21-14-30/h3-13,33H,2,14-21H2,1H3,(H,31,32). The number of aromatic nitrogens is 2. The van der Waals surface area contributed by atoms with Gasteiger partial charge in [-0.05, 0) is 48.4 Å². The number of halogens is 1. The second-order valence-electron chi connectivity index (χ2n) is 9.62. The lowest BCUT2D eigenvalue weighted by molar-refractivity contribution is 0.200. The highest BCUT2D eigenvalue weighted by atomic mass is 35.5. The fraction of sp³-hybridized carbons (Fsp3) is 0.345. The van der Waals surface area contributed by atoms with Crippen LogP contribution in [0.4, 0.5) is 11.4 Å². The highest BCUT2D eigenvalue weighted by Crippen LogP contribution is 2.29. The molecule has 1 saturated heterocycles. The van der Waals surface area contributed by atoms with Crippen molar-refractivity contribution < 1.29 is 13.2 Å². The fourth-order valence-corrected chi connectivity index (χ4v) is 6.17. The van der Waals surface area contributed by atoms with Crippen LogP contribution < -0.4 is 14.4 Å². The van der Waals surface area contributed by atoms with E-state index in [-0.39, 0.29) is 11.6 Å². The van der Waals surface area contributed by atoms with Gasteiger partial charge in [0.05, 0.1) is 17.0 Å². The third-order valence-corrected chi connectivity index (χ3v) is 8.69. The van der Waals surface area contributed by atoms with E-state index in [0.29, 0.717) is 18.0 Å². The molecule has 2 heterocycles. The maximum atomic E-state index is 11.8. The van der Waals surface area contributed by atoms with Crippen molar-refractivity contribution in [1.82, 2.24) is 14.9 Å². The van der Waals surface area contributed by atoms with E-state index in [2.05, 4.69) is 68.9 Å². The lowest BCUT2D eigenvalue weighted by Crippen LogP contribution is -2.47. The zero-order valence-corrected chi connectivity index (χ0v) is 23.6. The Bertz CT molecular complexity index is 1480. The first kappa shape index (κ1) is 27.3. The molecule has 3 aromatic carbocycles. The number of imidazole rings is 1. The van der Waals surface area contributed by atoms with Crippen LogP contribution in [0, 0.1) is 0 Å². The summed E-state index contributed by atoms with van der Waals surface area (Å²) in [7, 11) is -3.42. The van der Waals surface area contributed by atoms with Crippen molar-refractivity contribution in [3.05, 3.63) is 72.3 Å². The van der Waals surface area contributed by atoms with Gasteiger partial charge in [-0.3, -0.25) is 9.62 Å². The van der Waals surface area contributed by atoms with Gasteiger partial charge in [0.15, 0.2) is 0 Å². The number of hydrogen-bond acceptors (Lipinski definition) is 6. The molecule has 39 heavy (non-hydrogen) atoms. The Balaban J connectivity index is 1.13. The maximum absolute atomic E-state index is 11.8. The van der Waals surface area contributed by atoms with Gasteiger partial charge < -0.3 is 14.6 Å². The number of fused-ring (bicyclic) bond motifs is 1. The molecule has 1 aliphatic rings. The van der Waals surface area contributed by atoms with Gasteiger partial charge in [0, 0.05) is 49.9 Å². The molecule has 8 nitrogen and oxygen atoms in total. The molecule has 0 radical (unpaired) electrons. The molecular weight excluding hydrogens is 534 g/mol. The van der Waals surface area contributed by atoms with E-state index in [1.165, 1.54) is 5.56 Å². The van der Waals surface area contributed by atoms with E-state index in [0.717, 1.165) is 67.3 Å². The molecule has 0 saturated carbocycles. The molecule has 0 bridgehead atoms. The van der Waals surface area contributed by atoms with Crippen molar-refractivity contribution in [3.8, 4) is 17.1 Å². The predicted molar refractivity (Wildman–Crippen MR) is 160 cm³/mol. The molecule has 0 aliphatic carbocycles. The number of anilines is 2. The Hall–Kier alpha value is -3.27. The molecule has 1 aliphatic heterocycles. The van der Waals surface area contributed by atoms with Crippen molar-refractivity contribution in [2.75, 3.05) is 60.6 Å². The van der Waals surface area contributed by atoms with Crippen molar-refractivity contribution in [3.63, 3.8) is 0 Å². The molecular formula is C29H34ClN5O3S. The molecule has 1 aromatic heterocycles. The van der Waals surface area contributed by atoms with Crippen LogP contribution in [0.1, 0.15) is 12.5 Å². The quantitative estimate of drug-likeness (QED) is 0.249. The number of alkyl halides is 1. The molecule has 5 rings (SSSR count). The van der Waals surface area contributed by atoms with Gasteiger partial charge in [-0.15, -0.1) is 11.6 Å². The first-order valence-corrected chi connectivity index (χ1v) is 15.5. The predicted octanol–water partition coefficient (Wildman–Crippen LogP) is 4.97. The first-order chi connectivity index (χ1) is 18.9. The SMILES string of the molecule is CCc1ccc(-c2nc3c(N4CCN(CCOc5ccc(NS(=O)(=O)CCCl)cc5)CC4)cccc3[nH]2)cc1. The first-order valence-electron chi connectivity index (χ1n) is 13.3. The minimum Gasteiger partial charge on any atom is -0.492 e. The molecule has 206 valence electrons. The van der Waals surface area contributed by atoms with E-state index in [4.69, 9.17) is 21.3 Å². The number of nitrogens with one attached hydrogen (secondary N) is 2. The van der Waals surface area contributed by atoms with E-state index in [9.17, 15) is 8.42 Å². The lowest BCUT2D eigenvalue weighted by Gasteiger charge is -2.36. The Morgan fingerprint density at radius 3 is 2.44 bits per heavy atom. The average molecular weight is 568 g/mol. The number of nitrogens with zero attached hydrogens (tertiary/aromatic N) is 3. The topological polar surface area (TPSA) is 90.6 Å². The minimum absolute atomic E-state index is 0.0541. The summed E-state index contributed by atoms with van der Waals surface area (Å²) in [5.41, 5.74) is 6.14. The zero-order chi connectivity index (χ0) is 27.2. The summed E-state index contributed by atoms with van der Waals surface area (Å²) in [5.74, 6) is 1.54. The van der Waals surface area contributed by atoms with Crippen molar-refractivity contribution >= 4 is 44.0 Å². The van der Waals surface area contributed by atoms with Crippen molar-refractivity contribution in [2.24, 2.45) is 0 Å². The van der Waals surface area contributed by atoms with Crippen LogP contribution >= 0.6 is 11.6 Å². The molecule has 10 heteroatoms. The number of aromatic amines is 1. The average Bonchev–Trinajstić information content (AvgIpc) is 3.39. The number of H-pyrrole nitrogens is 1. The van der Waals surface area contributed by atoms with Crippen LogP contribution in [0.3, 0.4) is 0 Å². The van der Waals surface area contributed by atoms with Gasteiger partial charge >= 0.3 is 0 Å². The molecule has 2 N–H and O–H groups in total. The third-order valence-electron chi connectivity index (χ3n) is 6.99. The van der Waals surface area contributed by atoms with E-state index in [1.807, 2.05) is 0 Å². The van der Waals surface area contributed by atoms with Gasteiger partial charge in [-0.25, -0.2) is 13.4 Å². The normalized spacial score (nSPS) is 14.6. The number of hydrogen-bond donors (Lipinski definition) is 2. The maximum Gasteiger partial charge on any atom is 0.233 e. The Kier molecular flexibility index (Phi) is 8.60. The van der Waals surface area contributed by atoms with Crippen molar-refractivity contribution in [2.45, 2.75) is 13.3 Å². The number of benzene rings is 3. The summed E-state index contributed by atoms with van der Waals surface area (Å²) in [4.78, 5) is 13.3. The van der Waals surface area contributed by atoms with Crippen LogP contribution in [-0.4, -0.2) is 74.2 Å². The Morgan fingerprint density at radius 1 is 1.00 bits per heavy atom. The van der Waals surface area contributed by atoms with E-state index >= 15 is 0 Å². The molecule has 0 amide bonds. The second-order valence-corrected chi connectivity index (χ2v) is 11.8. The summed E-state index contributed by atoms with van der Waals surface area (Å²) in [6.07, 6.45) is 1.03. The number of ether oxygens (including phenoxy) is 1. The molecule has 0 unspecified atom stereocenters. The summed E-state index contributed by atoms with van der Waals surface area (Å²) < 4.78 is 32.1. The van der Waals surface area contributed by atoms with Crippen molar-refractivity contribution in [1.29, 1.82) is 0 Å². The lowest BCUT2D eigenvalue weighted by atomic mass is 10.1. The molecule has 0 atom stereocenters. The Labute approximate surface area is 235 Å². The van der Waals surface area contributed by atoms with Crippen LogP contribution in [0.5, 0.6) is 5.75 Å². The molecule has 4 aromatic rings. The summed E-state index contributed by atoms with van der Waals surface area (Å²) >= 11 is 5.54. The smallest absolute Gasteiger partial charge is 0.233 e. The van der Waals surface area contributed by atoms with Gasteiger partial charge in [0.2, 0.25) is 10.0 Å². The minimum atomic E-state index is -3.42. The summed E-state index contributed by atoms with van der Waals surface area (Å²) in [6, 6.07) is 21.9. The van der Waals surface area contributed by atoms with Crippen LogP contribution in [0.25, 0.3) is 22.4 Å².